The first-order valence-corrected chi connectivity index (χ1v) is 10.3. The Morgan fingerprint density at radius 3 is 2.75 bits per heavy atom. The van der Waals surface area contributed by atoms with Gasteiger partial charge in [-0.25, -0.2) is 4.39 Å². The van der Waals surface area contributed by atoms with Gasteiger partial charge in [-0.1, -0.05) is 42.8 Å². The Morgan fingerprint density at radius 2 is 1.96 bits per heavy atom. The summed E-state index contributed by atoms with van der Waals surface area (Å²) in [6.45, 7) is 2.08. The van der Waals surface area contributed by atoms with Gasteiger partial charge in [0.15, 0.2) is 0 Å². The summed E-state index contributed by atoms with van der Waals surface area (Å²) < 4.78 is 15.3. The molecule has 1 atom stereocenters. The lowest BCUT2D eigenvalue weighted by molar-refractivity contribution is 0.273. The van der Waals surface area contributed by atoms with Crippen LogP contribution in [0.15, 0.2) is 60.8 Å². The molecule has 0 bridgehead atoms. The number of fused-ring (bicyclic) bond motifs is 1. The van der Waals surface area contributed by atoms with Crippen LogP contribution in [0.1, 0.15) is 28.8 Å². The molecule has 0 fully saturated rings. The number of hydrogen-bond acceptors (Lipinski definition) is 3. The Hall–Kier alpha value is -2.27. The molecular weight excluding hydrogens is 393 g/mol. The topological polar surface area (TPSA) is 33.1 Å². The van der Waals surface area contributed by atoms with E-state index in [0.29, 0.717) is 17.0 Å². The van der Waals surface area contributed by atoms with Crippen LogP contribution < -0.4 is 0 Å². The predicted molar refractivity (Wildman–Crippen MR) is 115 cm³/mol. The monoisotopic (exact) mass is 411 g/mol. The number of aliphatic hydroxyl groups is 1. The minimum atomic E-state index is -0.280. The number of thiophene rings is 1. The predicted octanol–water partition coefficient (Wildman–Crippen LogP) is 6.44. The molecule has 1 unspecified atom stereocenters. The van der Waals surface area contributed by atoms with Crippen molar-refractivity contribution < 1.29 is 9.50 Å². The Kier molecular flexibility index (Phi) is 5.44. The molecule has 1 N–H and O–H groups in total. The standard InChI is InChI=1S/C23H19ClFNOS/c1-14(13-27)15-8-9-26-22(11-15)18-5-2-4-16-10-17(28-23(16)18)12-19-20(24)6-3-7-21(19)25/h2-11,14,27H,12-13H2,1H3. The highest BCUT2D eigenvalue weighted by molar-refractivity contribution is 7.19. The average molecular weight is 412 g/mol. The fourth-order valence-electron chi connectivity index (χ4n) is 3.29. The van der Waals surface area contributed by atoms with Gasteiger partial charge in [-0.05, 0) is 41.3 Å². The Morgan fingerprint density at radius 1 is 1.14 bits per heavy atom. The number of halogens is 2. The number of nitrogens with zero attached hydrogens (tertiary/aromatic N) is 1. The molecule has 4 rings (SSSR count). The zero-order valence-electron chi connectivity index (χ0n) is 15.3. The van der Waals surface area contributed by atoms with Crippen LogP contribution >= 0.6 is 22.9 Å². The maximum Gasteiger partial charge on any atom is 0.128 e. The van der Waals surface area contributed by atoms with Crippen LogP contribution in [0.2, 0.25) is 5.02 Å². The van der Waals surface area contributed by atoms with Crippen molar-refractivity contribution in [3.05, 3.63) is 87.6 Å². The third kappa shape index (κ3) is 3.68. The minimum absolute atomic E-state index is 0.0584. The summed E-state index contributed by atoms with van der Waals surface area (Å²) in [6.07, 6.45) is 2.24. The van der Waals surface area contributed by atoms with Crippen LogP contribution in [-0.2, 0) is 6.42 Å². The molecule has 142 valence electrons. The number of pyridine rings is 1. The number of benzene rings is 2. The first kappa shape index (κ1) is 19.1. The maximum absolute atomic E-state index is 14.2. The number of rotatable bonds is 5. The largest absolute Gasteiger partial charge is 0.396 e. The van der Waals surface area contributed by atoms with Crippen molar-refractivity contribution in [3.8, 4) is 11.3 Å². The SMILES string of the molecule is CC(CO)c1ccnc(-c2cccc3cc(Cc4c(F)cccc4Cl)sc23)c1. The highest BCUT2D eigenvalue weighted by Crippen LogP contribution is 2.36. The number of aliphatic hydroxyl groups excluding tert-OH is 1. The minimum Gasteiger partial charge on any atom is -0.396 e. The van der Waals surface area contributed by atoms with Crippen LogP contribution in [0.5, 0.6) is 0 Å². The number of hydrogen-bond donors (Lipinski definition) is 1. The summed E-state index contributed by atoms with van der Waals surface area (Å²) in [5, 5.41) is 11.0. The van der Waals surface area contributed by atoms with Crippen molar-refractivity contribution in [2.75, 3.05) is 6.61 Å². The second-order valence-electron chi connectivity index (χ2n) is 6.87. The van der Waals surface area contributed by atoms with Crippen LogP contribution in [-0.4, -0.2) is 16.7 Å². The molecule has 0 radical (unpaired) electrons. The molecule has 2 heterocycles. The molecule has 0 aliphatic carbocycles. The quantitative estimate of drug-likeness (QED) is 0.409. The lowest BCUT2D eigenvalue weighted by Gasteiger charge is -2.10. The first-order valence-electron chi connectivity index (χ1n) is 9.08. The molecule has 0 saturated carbocycles. The summed E-state index contributed by atoms with van der Waals surface area (Å²) in [5.74, 6) is -0.222. The fraction of sp³-hybridized carbons (Fsp3) is 0.174. The highest BCUT2D eigenvalue weighted by atomic mass is 35.5. The fourth-order valence-corrected chi connectivity index (χ4v) is 4.71. The summed E-state index contributed by atoms with van der Waals surface area (Å²) in [7, 11) is 0. The van der Waals surface area contributed by atoms with Crippen LogP contribution in [0, 0.1) is 5.82 Å². The van der Waals surface area contributed by atoms with Gasteiger partial charge in [-0.15, -0.1) is 11.3 Å². The van der Waals surface area contributed by atoms with E-state index in [1.54, 1.807) is 29.7 Å². The third-order valence-electron chi connectivity index (χ3n) is 4.91. The Labute approximate surface area is 172 Å². The van der Waals surface area contributed by atoms with Crippen molar-refractivity contribution in [1.29, 1.82) is 0 Å². The van der Waals surface area contributed by atoms with E-state index in [0.717, 1.165) is 31.8 Å². The molecule has 0 saturated heterocycles. The van der Waals surface area contributed by atoms with Crippen molar-refractivity contribution in [2.45, 2.75) is 19.3 Å². The van der Waals surface area contributed by atoms with E-state index in [1.807, 2.05) is 25.1 Å². The molecule has 0 aliphatic rings. The van der Waals surface area contributed by atoms with E-state index in [9.17, 15) is 9.50 Å². The van der Waals surface area contributed by atoms with Crippen LogP contribution in [0.4, 0.5) is 4.39 Å². The maximum atomic E-state index is 14.2. The molecule has 0 spiro atoms. The lowest BCUT2D eigenvalue weighted by Crippen LogP contribution is -1.99. The lowest BCUT2D eigenvalue weighted by atomic mass is 10.0. The van der Waals surface area contributed by atoms with Gasteiger partial charge in [0, 0.05) is 50.9 Å². The van der Waals surface area contributed by atoms with E-state index in [4.69, 9.17) is 11.6 Å². The molecule has 4 aromatic rings. The van der Waals surface area contributed by atoms with E-state index in [-0.39, 0.29) is 18.3 Å². The summed E-state index contributed by atoms with van der Waals surface area (Å²) in [6, 6.07) is 17.0. The van der Waals surface area contributed by atoms with Gasteiger partial charge in [0.25, 0.3) is 0 Å². The van der Waals surface area contributed by atoms with Crippen molar-refractivity contribution >= 4 is 33.0 Å². The van der Waals surface area contributed by atoms with Crippen molar-refractivity contribution in [2.24, 2.45) is 0 Å². The number of aromatic nitrogens is 1. The second kappa shape index (κ2) is 8.00. The van der Waals surface area contributed by atoms with Gasteiger partial charge in [-0.2, -0.15) is 0 Å². The van der Waals surface area contributed by atoms with Crippen LogP contribution in [0.25, 0.3) is 21.3 Å². The van der Waals surface area contributed by atoms with E-state index in [2.05, 4.69) is 23.2 Å². The highest BCUT2D eigenvalue weighted by Gasteiger charge is 2.14. The Balaban J connectivity index is 1.76. The average Bonchev–Trinajstić information content (AvgIpc) is 3.13. The Bertz CT molecular complexity index is 1120. The first-order chi connectivity index (χ1) is 13.6. The normalized spacial score (nSPS) is 12.4. The van der Waals surface area contributed by atoms with Gasteiger partial charge in [0.2, 0.25) is 0 Å². The summed E-state index contributed by atoms with van der Waals surface area (Å²) >= 11 is 7.84. The third-order valence-corrected chi connectivity index (χ3v) is 6.45. The molecule has 0 amide bonds. The second-order valence-corrected chi connectivity index (χ2v) is 8.42. The van der Waals surface area contributed by atoms with Crippen molar-refractivity contribution in [3.63, 3.8) is 0 Å². The summed E-state index contributed by atoms with van der Waals surface area (Å²) in [4.78, 5) is 5.59. The van der Waals surface area contributed by atoms with Crippen LogP contribution in [0.3, 0.4) is 0 Å². The van der Waals surface area contributed by atoms with Gasteiger partial charge in [0.05, 0.1) is 5.69 Å². The van der Waals surface area contributed by atoms with Gasteiger partial charge < -0.3 is 5.11 Å². The zero-order valence-corrected chi connectivity index (χ0v) is 16.9. The molecule has 2 aromatic heterocycles. The zero-order chi connectivity index (χ0) is 19.7. The van der Waals surface area contributed by atoms with E-state index < -0.39 is 0 Å². The van der Waals surface area contributed by atoms with Gasteiger partial charge in [0.1, 0.15) is 5.82 Å². The van der Waals surface area contributed by atoms with Crippen molar-refractivity contribution in [1.82, 2.24) is 4.98 Å². The van der Waals surface area contributed by atoms with E-state index in [1.165, 1.54) is 6.07 Å². The van der Waals surface area contributed by atoms with E-state index >= 15 is 0 Å². The molecular formula is C23H19ClFNOS. The smallest absolute Gasteiger partial charge is 0.128 e. The molecule has 2 nitrogen and oxygen atoms in total. The molecule has 2 aromatic carbocycles. The van der Waals surface area contributed by atoms with Gasteiger partial charge >= 0.3 is 0 Å². The summed E-state index contributed by atoms with van der Waals surface area (Å²) in [5.41, 5.74) is 3.50. The molecule has 5 heteroatoms. The molecule has 28 heavy (non-hydrogen) atoms. The van der Waals surface area contributed by atoms with Gasteiger partial charge in [-0.3, -0.25) is 4.98 Å². The molecule has 0 aliphatic heterocycles.